The largest absolute Gasteiger partial charge is 0.508 e. The number of nitrogens with two attached hydrogens (primary N) is 1. The number of amides is 2. The van der Waals surface area contributed by atoms with Crippen LogP contribution in [-0.4, -0.2) is 39.2 Å². The van der Waals surface area contributed by atoms with Gasteiger partial charge in [-0.1, -0.05) is 18.2 Å². The Balaban J connectivity index is 2.02. The van der Waals surface area contributed by atoms with Crippen LogP contribution in [0.15, 0.2) is 42.6 Å². The van der Waals surface area contributed by atoms with E-state index in [1.165, 1.54) is 4.90 Å². The molecule has 7 nitrogen and oxygen atoms in total. The number of phenols is 1. The second-order valence-electron chi connectivity index (χ2n) is 5.51. The average molecular weight is 324 g/mol. The van der Waals surface area contributed by atoms with Gasteiger partial charge in [0.15, 0.2) is 0 Å². The third-order valence-corrected chi connectivity index (χ3v) is 3.73. The van der Waals surface area contributed by atoms with E-state index in [1.807, 2.05) is 6.07 Å². The van der Waals surface area contributed by atoms with Crippen molar-refractivity contribution in [3.05, 3.63) is 53.7 Å². The fourth-order valence-corrected chi connectivity index (χ4v) is 2.51. The third kappa shape index (κ3) is 2.79. The van der Waals surface area contributed by atoms with Gasteiger partial charge < -0.3 is 15.7 Å². The molecule has 122 valence electrons. The second kappa shape index (κ2) is 6.04. The van der Waals surface area contributed by atoms with Crippen LogP contribution in [0.2, 0.25) is 0 Å². The van der Waals surface area contributed by atoms with Gasteiger partial charge in [-0.15, -0.1) is 0 Å². The van der Waals surface area contributed by atoms with Crippen LogP contribution in [0.4, 0.5) is 0 Å². The highest BCUT2D eigenvalue weighted by molar-refractivity contribution is 6.04. The molecule has 0 aliphatic heterocycles. The van der Waals surface area contributed by atoms with Crippen LogP contribution in [0.1, 0.15) is 15.9 Å². The van der Waals surface area contributed by atoms with Crippen LogP contribution in [-0.2, 0) is 11.3 Å². The molecule has 1 aromatic heterocycles. The summed E-state index contributed by atoms with van der Waals surface area (Å²) >= 11 is 0. The molecule has 2 aromatic carbocycles. The van der Waals surface area contributed by atoms with E-state index in [2.05, 4.69) is 5.10 Å². The molecule has 0 saturated carbocycles. The zero-order chi connectivity index (χ0) is 17.3. The van der Waals surface area contributed by atoms with Crippen LogP contribution in [0, 0.1) is 0 Å². The van der Waals surface area contributed by atoms with Crippen LogP contribution >= 0.6 is 0 Å². The summed E-state index contributed by atoms with van der Waals surface area (Å²) in [5, 5.41) is 15.3. The molecular formula is C17H16N4O3. The SMILES string of the molecule is CN(C=O)Cc1ccc(-n2cc3cccc(C(N)=O)c3n2)cc1O. The van der Waals surface area contributed by atoms with Crippen molar-refractivity contribution in [3.8, 4) is 11.4 Å². The van der Waals surface area contributed by atoms with E-state index >= 15 is 0 Å². The van der Waals surface area contributed by atoms with E-state index < -0.39 is 5.91 Å². The Labute approximate surface area is 137 Å². The van der Waals surface area contributed by atoms with Crippen molar-refractivity contribution in [2.45, 2.75) is 6.54 Å². The Bertz CT molecular complexity index is 933. The number of fused-ring (bicyclic) bond motifs is 1. The number of aromatic nitrogens is 2. The van der Waals surface area contributed by atoms with Gasteiger partial charge in [0.2, 0.25) is 6.41 Å². The predicted octanol–water partition coefficient (Wildman–Crippen LogP) is 1.42. The minimum absolute atomic E-state index is 0.0656. The monoisotopic (exact) mass is 324 g/mol. The maximum Gasteiger partial charge on any atom is 0.250 e. The Morgan fingerprint density at radius 1 is 1.38 bits per heavy atom. The number of carbonyl (C=O) groups excluding carboxylic acids is 2. The fourth-order valence-electron chi connectivity index (χ4n) is 2.51. The number of aromatic hydroxyl groups is 1. The molecule has 0 spiro atoms. The number of hydrogen-bond donors (Lipinski definition) is 2. The molecule has 0 aliphatic rings. The molecule has 0 aliphatic carbocycles. The molecule has 24 heavy (non-hydrogen) atoms. The minimum atomic E-state index is -0.541. The molecule has 0 atom stereocenters. The second-order valence-corrected chi connectivity index (χ2v) is 5.51. The maximum absolute atomic E-state index is 11.5. The van der Waals surface area contributed by atoms with E-state index in [-0.39, 0.29) is 5.75 Å². The summed E-state index contributed by atoms with van der Waals surface area (Å²) in [4.78, 5) is 23.6. The van der Waals surface area contributed by atoms with Crippen molar-refractivity contribution in [2.75, 3.05) is 7.05 Å². The number of nitrogens with zero attached hydrogens (tertiary/aromatic N) is 3. The first-order valence-corrected chi connectivity index (χ1v) is 7.25. The number of benzene rings is 2. The first kappa shape index (κ1) is 15.5. The molecule has 0 saturated heterocycles. The summed E-state index contributed by atoms with van der Waals surface area (Å²) in [6.07, 6.45) is 2.45. The van der Waals surface area contributed by atoms with Crippen LogP contribution in [0.3, 0.4) is 0 Å². The standard InChI is InChI=1S/C17H16N4O3/c1-20(10-22)8-11-5-6-13(7-15(11)23)21-9-12-3-2-4-14(17(18)24)16(12)19-21/h2-7,9-10,23H,8H2,1H3,(H2,18,24). The normalized spacial score (nSPS) is 10.7. The van der Waals surface area contributed by atoms with E-state index in [1.54, 1.807) is 48.3 Å². The van der Waals surface area contributed by atoms with Crippen molar-refractivity contribution < 1.29 is 14.7 Å². The van der Waals surface area contributed by atoms with Gasteiger partial charge in [0.25, 0.3) is 5.91 Å². The molecule has 0 unspecified atom stereocenters. The summed E-state index contributed by atoms with van der Waals surface area (Å²) in [6.45, 7) is 0.308. The highest BCUT2D eigenvalue weighted by atomic mass is 16.3. The van der Waals surface area contributed by atoms with E-state index in [9.17, 15) is 14.7 Å². The van der Waals surface area contributed by atoms with Crippen LogP contribution < -0.4 is 5.73 Å². The van der Waals surface area contributed by atoms with E-state index in [4.69, 9.17) is 5.73 Å². The van der Waals surface area contributed by atoms with Crippen molar-refractivity contribution in [1.29, 1.82) is 0 Å². The maximum atomic E-state index is 11.5. The van der Waals surface area contributed by atoms with Gasteiger partial charge in [-0.05, 0) is 12.1 Å². The van der Waals surface area contributed by atoms with Gasteiger partial charge in [0, 0.05) is 36.8 Å². The summed E-state index contributed by atoms with van der Waals surface area (Å²) in [7, 11) is 1.63. The first-order valence-electron chi connectivity index (χ1n) is 7.25. The number of carbonyl (C=O) groups is 2. The quantitative estimate of drug-likeness (QED) is 0.693. The highest BCUT2D eigenvalue weighted by Gasteiger charge is 2.12. The Hall–Kier alpha value is -3.35. The topological polar surface area (TPSA) is 101 Å². The van der Waals surface area contributed by atoms with Crippen molar-refractivity contribution in [1.82, 2.24) is 14.7 Å². The molecule has 3 rings (SSSR count). The van der Waals surface area contributed by atoms with Crippen molar-refractivity contribution in [2.24, 2.45) is 5.73 Å². The number of phenolic OH excluding ortho intramolecular Hbond substituents is 1. The molecule has 2 amide bonds. The molecule has 3 aromatic rings. The van der Waals surface area contributed by atoms with E-state index in [0.29, 0.717) is 35.3 Å². The van der Waals surface area contributed by atoms with Gasteiger partial charge in [-0.25, -0.2) is 4.68 Å². The molecule has 0 radical (unpaired) electrons. The molecule has 0 fully saturated rings. The zero-order valence-electron chi connectivity index (χ0n) is 13.0. The average Bonchev–Trinajstić information content (AvgIpc) is 3.00. The molecule has 3 N–H and O–H groups in total. The van der Waals surface area contributed by atoms with Gasteiger partial charge in [-0.3, -0.25) is 9.59 Å². The summed E-state index contributed by atoms with van der Waals surface area (Å²) in [5.74, 6) is -0.475. The molecule has 0 bridgehead atoms. The number of rotatable bonds is 5. The van der Waals surface area contributed by atoms with Gasteiger partial charge in [0.05, 0.1) is 11.3 Å². The summed E-state index contributed by atoms with van der Waals surface area (Å²) < 4.78 is 1.57. The summed E-state index contributed by atoms with van der Waals surface area (Å²) in [6, 6.07) is 10.3. The smallest absolute Gasteiger partial charge is 0.250 e. The third-order valence-electron chi connectivity index (χ3n) is 3.73. The highest BCUT2D eigenvalue weighted by Crippen LogP contribution is 2.24. The van der Waals surface area contributed by atoms with Crippen molar-refractivity contribution in [3.63, 3.8) is 0 Å². The minimum Gasteiger partial charge on any atom is -0.508 e. The molecular weight excluding hydrogens is 308 g/mol. The van der Waals surface area contributed by atoms with Crippen molar-refractivity contribution >= 4 is 23.2 Å². The van der Waals surface area contributed by atoms with Gasteiger partial charge >= 0.3 is 0 Å². The zero-order valence-corrected chi connectivity index (χ0v) is 13.0. The Kier molecular flexibility index (Phi) is 3.91. The van der Waals surface area contributed by atoms with Gasteiger partial charge in [-0.2, -0.15) is 5.10 Å². The van der Waals surface area contributed by atoms with E-state index in [0.717, 1.165) is 5.39 Å². The fraction of sp³-hybridized carbons (Fsp3) is 0.118. The Morgan fingerprint density at radius 2 is 2.17 bits per heavy atom. The molecule has 1 heterocycles. The lowest BCUT2D eigenvalue weighted by Crippen LogP contribution is -2.15. The van der Waals surface area contributed by atoms with Crippen LogP contribution in [0.5, 0.6) is 5.75 Å². The first-order chi connectivity index (χ1) is 11.5. The Morgan fingerprint density at radius 3 is 2.83 bits per heavy atom. The predicted molar refractivity (Wildman–Crippen MR) is 88.8 cm³/mol. The number of primary amides is 1. The van der Waals surface area contributed by atoms with Crippen LogP contribution in [0.25, 0.3) is 16.6 Å². The lowest BCUT2D eigenvalue weighted by Gasteiger charge is -2.12. The summed E-state index contributed by atoms with van der Waals surface area (Å²) in [5.41, 5.74) is 7.49. The molecule has 7 heteroatoms. The number of hydrogen-bond acceptors (Lipinski definition) is 4. The lowest BCUT2D eigenvalue weighted by atomic mass is 10.1. The lowest BCUT2D eigenvalue weighted by molar-refractivity contribution is -0.117. The van der Waals surface area contributed by atoms with Gasteiger partial charge in [0.1, 0.15) is 11.3 Å².